The third-order valence-corrected chi connectivity index (χ3v) is 9.90. The number of guanidine groups is 1. The van der Waals surface area contributed by atoms with Gasteiger partial charge in [-0.25, -0.2) is 4.98 Å². The second-order valence-corrected chi connectivity index (χ2v) is 14.1. The highest BCUT2D eigenvalue weighted by Gasteiger charge is 2.32. The highest BCUT2D eigenvalue weighted by Crippen LogP contribution is 2.24. The maximum absolute atomic E-state index is 14.1. The molecule has 0 aliphatic carbocycles. The maximum atomic E-state index is 14.1. The zero-order valence-electron chi connectivity index (χ0n) is 30.1. The van der Waals surface area contributed by atoms with E-state index in [2.05, 4.69) is 31.2 Å². The van der Waals surface area contributed by atoms with Gasteiger partial charge in [0.2, 0.25) is 29.4 Å². The van der Waals surface area contributed by atoms with E-state index in [-0.39, 0.29) is 49.0 Å². The molecule has 284 valence electrons. The summed E-state index contributed by atoms with van der Waals surface area (Å²) in [6, 6.07) is 19.6. The highest BCUT2D eigenvalue weighted by molar-refractivity contribution is 7.20. The molecule has 14 nitrogen and oxygen atoms in total. The lowest BCUT2D eigenvalue weighted by atomic mass is 10.0. The van der Waals surface area contributed by atoms with Gasteiger partial charge in [0.05, 0.1) is 22.9 Å². The summed E-state index contributed by atoms with van der Waals surface area (Å²) in [6.45, 7) is 1.92. The number of thiazole rings is 1. The topological polar surface area (TPSA) is 220 Å². The minimum Gasteiger partial charge on any atom is -0.494 e. The average molecular weight is 755 g/mol. The Morgan fingerprint density at radius 1 is 0.963 bits per heavy atom. The normalized spacial score (nSPS) is 18.6. The SMILES string of the molecule is CC(=O)N[C@H]1Cc2ccc(cc2)OCCCC[C@@H](C(=O)N[C@@H](CCCN=C(N)N)C(=O)c2nc3ccccc3s2)NC(=O)[C@H](Cc2ccccc2)NC1=O. The molecule has 0 saturated heterocycles. The van der Waals surface area contributed by atoms with Gasteiger partial charge in [-0.3, -0.25) is 29.0 Å². The fourth-order valence-electron chi connectivity index (χ4n) is 6.10. The fraction of sp³-hybridized carbons (Fsp3) is 0.359. The van der Waals surface area contributed by atoms with Gasteiger partial charge in [-0.05, 0) is 67.5 Å². The summed E-state index contributed by atoms with van der Waals surface area (Å²) >= 11 is 1.23. The number of para-hydroxylation sites is 1. The number of aromatic nitrogens is 1. The Hall–Kier alpha value is -5.83. The van der Waals surface area contributed by atoms with Crippen LogP contribution in [-0.4, -0.2) is 77.7 Å². The number of aliphatic imine (C=N–C) groups is 1. The van der Waals surface area contributed by atoms with Gasteiger partial charge in [-0.2, -0.15) is 0 Å². The number of hydrogen-bond acceptors (Lipinski definition) is 9. The molecule has 0 fully saturated rings. The summed E-state index contributed by atoms with van der Waals surface area (Å²) in [5.41, 5.74) is 13.2. The first-order valence-electron chi connectivity index (χ1n) is 17.9. The van der Waals surface area contributed by atoms with E-state index in [1.807, 2.05) is 66.7 Å². The molecule has 2 bridgehead atoms. The molecule has 15 heteroatoms. The molecule has 3 heterocycles. The minimum absolute atomic E-state index is 0.0843. The van der Waals surface area contributed by atoms with Crippen molar-refractivity contribution in [2.24, 2.45) is 16.5 Å². The van der Waals surface area contributed by atoms with E-state index in [9.17, 15) is 24.0 Å². The molecule has 2 aliphatic rings. The van der Waals surface area contributed by atoms with Crippen LogP contribution in [0.5, 0.6) is 5.75 Å². The van der Waals surface area contributed by atoms with Crippen LogP contribution in [0.2, 0.25) is 0 Å². The first-order valence-corrected chi connectivity index (χ1v) is 18.8. The molecular weight excluding hydrogens is 709 g/mol. The highest BCUT2D eigenvalue weighted by atomic mass is 32.1. The van der Waals surface area contributed by atoms with E-state index in [0.29, 0.717) is 37.1 Å². The van der Waals surface area contributed by atoms with Crippen molar-refractivity contribution in [3.05, 3.63) is 95.0 Å². The van der Waals surface area contributed by atoms with Crippen LogP contribution in [0, 0.1) is 0 Å². The molecule has 0 spiro atoms. The summed E-state index contributed by atoms with van der Waals surface area (Å²) in [4.78, 5) is 76.7. The number of ketones is 1. The molecular formula is C39H46N8O6S. The molecule has 2 aliphatic heterocycles. The number of ether oxygens (including phenoxy) is 1. The van der Waals surface area contributed by atoms with Crippen LogP contribution in [0.4, 0.5) is 0 Å². The average Bonchev–Trinajstić information content (AvgIpc) is 3.59. The molecule has 0 saturated carbocycles. The molecule has 1 aromatic heterocycles. The fourth-order valence-corrected chi connectivity index (χ4v) is 7.06. The van der Waals surface area contributed by atoms with E-state index >= 15 is 0 Å². The third kappa shape index (κ3) is 11.6. The zero-order chi connectivity index (χ0) is 38.5. The van der Waals surface area contributed by atoms with E-state index in [0.717, 1.165) is 15.8 Å². The monoisotopic (exact) mass is 754 g/mol. The van der Waals surface area contributed by atoms with Crippen LogP contribution in [0.25, 0.3) is 10.2 Å². The van der Waals surface area contributed by atoms with Crippen LogP contribution >= 0.6 is 11.3 Å². The van der Waals surface area contributed by atoms with Gasteiger partial charge in [0.25, 0.3) is 0 Å². The van der Waals surface area contributed by atoms with E-state index < -0.39 is 47.8 Å². The molecule has 54 heavy (non-hydrogen) atoms. The molecule has 4 amide bonds. The number of amides is 4. The van der Waals surface area contributed by atoms with E-state index in [4.69, 9.17) is 16.2 Å². The molecule has 0 unspecified atom stereocenters. The predicted octanol–water partition coefficient (Wildman–Crippen LogP) is 2.54. The Balaban J connectivity index is 1.42. The molecule has 6 rings (SSSR count). The van der Waals surface area contributed by atoms with Gasteiger partial charge in [0.1, 0.15) is 23.9 Å². The van der Waals surface area contributed by atoms with Crippen molar-refractivity contribution in [3.8, 4) is 5.75 Å². The van der Waals surface area contributed by atoms with Crippen molar-refractivity contribution in [2.45, 2.75) is 76.0 Å². The second-order valence-electron chi connectivity index (χ2n) is 13.1. The zero-order valence-corrected chi connectivity index (χ0v) is 30.9. The summed E-state index contributed by atoms with van der Waals surface area (Å²) in [5.74, 6) is -1.96. The van der Waals surface area contributed by atoms with Crippen molar-refractivity contribution < 1.29 is 28.7 Å². The smallest absolute Gasteiger partial charge is 0.243 e. The number of Topliss-reactive ketones (excluding diaryl/α,β-unsaturated/α-hetero) is 1. The van der Waals surface area contributed by atoms with E-state index in [1.54, 1.807) is 12.1 Å². The number of hydrogen-bond donors (Lipinski definition) is 6. The molecule has 4 atom stereocenters. The first kappa shape index (κ1) is 39.4. The summed E-state index contributed by atoms with van der Waals surface area (Å²) in [5, 5.41) is 11.5. The van der Waals surface area contributed by atoms with Gasteiger partial charge < -0.3 is 37.5 Å². The van der Waals surface area contributed by atoms with Crippen LogP contribution in [-0.2, 0) is 32.0 Å². The minimum atomic E-state index is -1.10. The molecule has 8 N–H and O–H groups in total. The Morgan fingerprint density at radius 3 is 2.43 bits per heavy atom. The maximum Gasteiger partial charge on any atom is 0.243 e. The summed E-state index contributed by atoms with van der Waals surface area (Å²) < 4.78 is 6.75. The van der Waals surface area contributed by atoms with E-state index in [1.165, 1.54) is 18.3 Å². The Morgan fingerprint density at radius 2 is 1.70 bits per heavy atom. The number of nitrogens with zero attached hydrogens (tertiary/aromatic N) is 2. The largest absolute Gasteiger partial charge is 0.494 e. The number of benzene rings is 3. The number of fused-ring (bicyclic) bond motifs is 15. The Labute approximate surface area is 317 Å². The van der Waals surface area contributed by atoms with Gasteiger partial charge in [0.15, 0.2) is 11.0 Å². The van der Waals surface area contributed by atoms with Crippen molar-refractivity contribution in [1.82, 2.24) is 26.3 Å². The van der Waals surface area contributed by atoms with Gasteiger partial charge in [-0.15, -0.1) is 11.3 Å². The molecule has 3 aromatic carbocycles. The number of rotatable bonds is 11. The van der Waals surface area contributed by atoms with Crippen molar-refractivity contribution >= 4 is 56.9 Å². The number of carbonyl (C=O) groups is 5. The first-order chi connectivity index (χ1) is 26.0. The number of nitrogens with two attached hydrogens (primary N) is 2. The van der Waals surface area contributed by atoms with Crippen LogP contribution in [0.15, 0.2) is 83.9 Å². The molecule has 0 radical (unpaired) electrons. The van der Waals surface area contributed by atoms with Gasteiger partial charge in [-0.1, -0.05) is 54.6 Å². The summed E-state index contributed by atoms with van der Waals surface area (Å²) in [6.07, 6.45) is 2.17. The molecule has 4 aromatic rings. The quantitative estimate of drug-likeness (QED) is 0.0573. The van der Waals surface area contributed by atoms with Crippen molar-refractivity contribution in [3.63, 3.8) is 0 Å². The lowest BCUT2D eigenvalue weighted by Crippen LogP contribution is -2.58. The van der Waals surface area contributed by atoms with Crippen LogP contribution in [0.1, 0.15) is 60.0 Å². The predicted molar refractivity (Wildman–Crippen MR) is 207 cm³/mol. The Kier molecular flexibility index (Phi) is 14.1. The number of carbonyl (C=O) groups excluding carboxylic acids is 5. The third-order valence-electron chi connectivity index (χ3n) is 8.84. The van der Waals surface area contributed by atoms with Gasteiger partial charge >= 0.3 is 0 Å². The lowest BCUT2D eigenvalue weighted by Gasteiger charge is -2.26. The van der Waals surface area contributed by atoms with Crippen LogP contribution < -0.4 is 37.5 Å². The lowest BCUT2D eigenvalue weighted by molar-refractivity contribution is -0.133. The van der Waals surface area contributed by atoms with Crippen molar-refractivity contribution in [2.75, 3.05) is 13.2 Å². The Bertz CT molecular complexity index is 1910. The van der Waals surface area contributed by atoms with Gasteiger partial charge in [0, 0.05) is 26.3 Å². The van der Waals surface area contributed by atoms with Crippen LogP contribution in [0.3, 0.4) is 0 Å². The van der Waals surface area contributed by atoms with Crippen molar-refractivity contribution in [1.29, 1.82) is 0 Å². The summed E-state index contributed by atoms with van der Waals surface area (Å²) in [7, 11) is 0. The standard InChI is InChI=1S/C39H46N8O6S/c1-24(48)43-31-23-26-16-18-27(19-17-26)53-21-8-7-13-30(45-37(52)32(46-36(31)51)22-25-10-3-2-4-11-25)35(50)44-29(14-9-20-42-39(40)41)34(49)38-47-28-12-5-6-15-33(28)54-38/h2-6,10-12,15-19,29-32H,7-9,13-14,20-23H2,1H3,(H,43,48)(H,44,50)(H,45,52)(H,46,51)(H4,40,41,42)/t29-,30-,31-,32-/m0/s1. The second kappa shape index (κ2) is 19.3. The number of nitrogens with one attached hydrogen (secondary N) is 4.